The largest absolute Gasteiger partial charge is 0.273 e. The lowest BCUT2D eigenvalue weighted by Crippen LogP contribution is -2.21. The fourth-order valence-corrected chi connectivity index (χ4v) is 2.86. The molecule has 0 bridgehead atoms. The molecule has 25 heavy (non-hydrogen) atoms. The van der Waals surface area contributed by atoms with Crippen molar-refractivity contribution in [1.82, 2.24) is 10.9 Å². The van der Waals surface area contributed by atoms with Crippen LogP contribution in [0.4, 0.5) is 0 Å². The van der Waals surface area contributed by atoms with Gasteiger partial charge in [-0.2, -0.15) is 10.2 Å². The molecule has 2 aliphatic carbocycles. The first-order valence-electron chi connectivity index (χ1n) is 9.18. The van der Waals surface area contributed by atoms with Crippen LogP contribution in [0.25, 0.3) is 0 Å². The lowest BCUT2D eigenvalue weighted by molar-refractivity contribution is -0.122. The van der Waals surface area contributed by atoms with Crippen molar-refractivity contribution in [3.05, 3.63) is 24.3 Å². The molecule has 0 aromatic carbocycles. The Bertz CT molecular complexity index is 504. The summed E-state index contributed by atoms with van der Waals surface area (Å²) in [5.74, 6) is 0.503. The van der Waals surface area contributed by atoms with Gasteiger partial charge in [0.15, 0.2) is 0 Å². The first-order chi connectivity index (χ1) is 12.2. The van der Waals surface area contributed by atoms with Gasteiger partial charge in [0.1, 0.15) is 0 Å². The molecule has 0 aromatic rings. The van der Waals surface area contributed by atoms with Crippen LogP contribution in [0.2, 0.25) is 0 Å². The van der Waals surface area contributed by atoms with E-state index in [0.29, 0.717) is 18.3 Å². The fourth-order valence-electron chi connectivity index (χ4n) is 2.86. The average Bonchev–Trinajstić information content (AvgIpc) is 2.63. The number of hydrogen-bond acceptors (Lipinski definition) is 4. The second-order valence-electron chi connectivity index (χ2n) is 6.57. The zero-order valence-corrected chi connectivity index (χ0v) is 14.7. The number of carbonyl (C=O) groups excluding carboxylic acids is 2. The second-order valence-corrected chi connectivity index (χ2v) is 6.57. The van der Waals surface area contributed by atoms with E-state index in [2.05, 4.69) is 45.4 Å². The quantitative estimate of drug-likeness (QED) is 0.403. The Morgan fingerprint density at radius 2 is 1.32 bits per heavy atom. The number of nitrogens with one attached hydrogen (secondary N) is 2. The minimum absolute atomic E-state index is 0.159. The molecule has 2 atom stereocenters. The summed E-state index contributed by atoms with van der Waals surface area (Å²) in [6.45, 7) is 0. The number of hydrazone groups is 2. The Morgan fingerprint density at radius 1 is 0.840 bits per heavy atom. The molecule has 2 rings (SSSR count). The van der Waals surface area contributed by atoms with E-state index in [4.69, 9.17) is 0 Å². The minimum atomic E-state index is -0.159. The number of hydrogen-bond donors (Lipinski definition) is 2. The monoisotopic (exact) mass is 344 g/mol. The fraction of sp³-hybridized carbons (Fsp3) is 0.579. The van der Waals surface area contributed by atoms with Gasteiger partial charge in [-0.1, -0.05) is 24.3 Å². The molecule has 136 valence electrons. The zero-order chi connectivity index (χ0) is 17.7. The maximum atomic E-state index is 11.7. The van der Waals surface area contributed by atoms with Crippen LogP contribution in [0, 0.1) is 11.8 Å². The first-order valence-corrected chi connectivity index (χ1v) is 9.18. The van der Waals surface area contributed by atoms with Crippen LogP contribution in [0.3, 0.4) is 0 Å². The zero-order valence-electron chi connectivity index (χ0n) is 14.7. The minimum Gasteiger partial charge on any atom is -0.273 e. The standard InChI is InChI=1S/C19H28N4O2/c24-18(22-20-14-16-8-3-1-4-9-16)12-7-13-19(25)23-21-15-17-10-5-2-6-11-17/h1-3,5,14-17H,4,6-13H2,(H,22,24)(H,23,25)/t16-,17+. The van der Waals surface area contributed by atoms with Gasteiger partial charge in [-0.25, -0.2) is 10.9 Å². The first kappa shape index (κ1) is 19.1. The molecule has 0 saturated carbocycles. The van der Waals surface area contributed by atoms with Crippen LogP contribution in [-0.4, -0.2) is 24.2 Å². The summed E-state index contributed by atoms with van der Waals surface area (Å²) in [5.41, 5.74) is 5.06. The van der Waals surface area contributed by atoms with Gasteiger partial charge < -0.3 is 0 Å². The molecule has 2 aliphatic rings. The van der Waals surface area contributed by atoms with Crippen LogP contribution in [0.1, 0.15) is 57.8 Å². The molecule has 6 nitrogen and oxygen atoms in total. The number of allylic oxidation sites excluding steroid dienone is 4. The van der Waals surface area contributed by atoms with Gasteiger partial charge in [-0.3, -0.25) is 9.59 Å². The third-order valence-corrected chi connectivity index (χ3v) is 4.38. The van der Waals surface area contributed by atoms with Crippen molar-refractivity contribution in [2.45, 2.75) is 57.8 Å². The molecule has 0 fully saturated rings. The Kier molecular flexibility index (Phi) is 8.66. The van der Waals surface area contributed by atoms with Crippen molar-refractivity contribution < 1.29 is 9.59 Å². The van der Waals surface area contributed by atoms with E-state index >= 15 is 0 Å². The van der Waals surface area contributed by atoms with Crippen molar-refractivity contribution in [2.75, 3.05) is 0 Å². The molecule has 0 saturated heterocycles. The normalized spacial score (nSPS) is 23.2. The van der Waals surface area contributed by atoms with Gasteiger partial charge in [-0.15, -0.1) is 0 Å². The van der Waals surface area contributed by atoms with E-state index in [-0.39, 0.29) is 24.7 Å². The summed E-state index contributed by atoms with van der Waals surface area (Å²) < 4.78 is 0. The van der Waals surface area contributed by atoms with Crippen LogP contribution >= 0.6 is 0 Å². The van der Waals surface area contributed by atoms with E-state index in [1.165, 1.54) is 0 Å². The highest BCUT2D eigenvalue weighted by Gasteiger charge is 2.08. The molecule has 2 N–H and O–H groups in total. The third-order valence-electron chi connectivity index (χ3n) is 4.38. The summed E-state index contributed by atoms with van der Waals surface area (Å²) in [5, 5.41) is 8.01. The molecule has 0 aliphatic heterocycles. The lowest BCUT2D eigenvalue weighted by Gasteiger charge is -2.11. The predicted molar refractivity (Wildman–Crippen MR) is 100 cm³/mol. The summed E-state index contributed by atoms with van der Waals surface area (Å²) in [4.78, 5) is 23.4. The van der Waals surface area contributed by atoms with Gasteiger partial charge >= 0.3 is 0 Å². The van der Waals surface area contributed by atoms with E-state index in [9.17, 15) is 9.59 Å². The predicted octanol–water partition coefficient (Wildman–Crippen LogP) is 3.07. The molecule has 6 heteroatoms. The molecular formula is C19H28N4O2. The van der Waals surface area contributed by atoms with Crippen LogP contribution in [-0.2, 0) is 9.59 Å². The lowest BCUT2D eigenvalue weighted by atomic mass is 9.96. The summed E-state index contributed by atoms with van der Waals surface area (Å²) in [6, 6.07) is 0. The highest BCUT2D eigenvalue weighted by atomic mass is 16.2. The molecule has 0 radical (unpaired) electrons. The molecule has 0 heterocycles. The third kappa shape index (κ3) is 8.42. The Morgan fingerprint density at radius 3 is 1.72 bits per heavy atom. The molecule has 0 aromatic heterocycles. The summed E-state index contributed by atoms with van der Waals surface area (Å²) in [7, 11) is 0. The van der Waals surface area contributed by atoms with Gasteiger partial charge in [0, 0.05) is 25.3 Å². The van der Waals surface area contributed by atoms with Crippen LogP contribution < -0.4 is 10.9 Å². The van der Waals surface area contributed by atoms with E-state index < -0.39 is 0 Å². The Hall–Kier alpha value is -2.24. The van der Waals surface area contributed by atoms with Crippen molar-refractivity contribution in [1.29, 1.82) is 0 Å². The molecule has 0 unspecified atom stereocenters. The van der Waals surface area contributed by atoms with Crippen molar-refractivity contribution in [3.8, 4) is 0 Å². The van der Waals surface area contributed by atoms with Gasteiger partial charge in [0.2, 0.25) is 11.8 Å². The average molecular weight is 344 g/mol. The smallest absolute Gasteiger partial charge is 0.240 e. The maximum Gasteiger partial charge on any atom is 0.240 e. The van der Waals surface area contributed by atoms with Crippen LogP contribution in [0.15, 0.2) is 34.5 Å². The molecule has 2 amide bonds. The van der Waals surface area contributed by atoms with E-state index in [1.54, 1.807) is 0 Å². The SMILES string of the molecule is O=C(CCCC(=O)NN=C[C@H]1CC=CCC1)NN=C[C@@H]1CC=CCC1. The topological polar surface area (TPSA) is 82.9 Å². The van der Waals surface area contributed by atoms with Gasteiger partial charge in [0.25, 0.3) is 0 Å². The van der Waals surface area contributed by atoms with E-state index in [1.807, 2.05) is 12.4 Å². The number of rotatable bonds is 8. The van der Waals surface area contributed by atoms with Crippen molar-refractivity contribution in [3.63, 3.8) is 0 Å². The maximum absolute atomic E-state index is 11.7. The summed E-state index contributed by atoms with van der Waals surface area (Å²) in [6.07, 6.45) is 19.6. The number of nitrogens with zero attached hydrogens (tertiary/aromatic N) is 2. The number of amides is 2. The second kappa shape index (κ2) is 11.3. The number of carbonyl (C=O) groups is 2. The van der Waals surface area contributed by atoms with Crippen molar-refractivity contribution >= 4 is 24.2 Å². The molecular weight excluding hydrogens is 316 g/mol. The Balaban J connectivity index is 1.52. The Labute approximate surface area is 149 Å². The molecule has 0 spiro atoms. The van der Waals surface area contributed by atoms with E-state index in [0.717, 1.165) is 38.5 Å². The van der Waals surface area contributed by atoms with Gasteiger partial charge in [0.05, 0.1) is 0 Å². The van der Waals surface area contributed by atoms with Crippen LogP contribution in [0.5, 0.6) is 0 Å². The highest BCUT2D eigenvalue weighted by Crippen LogP contribution is 2.16. The highest BCUT2D eigenvalue weighted by molar-refractivity contribution is 5.79. The van der Waals surface area contributed by atoms with Gasteiger partial charge in [-0.05, 0) is 56.8 Å². The van der Waals surface area contributed by atoms with Crippen molar-refractivity contribution in [2.24, 2.45) is 22.0 Å². The summed E-state index contributed by atoms with van der Waals surface area (Å²) >= 11 is 0.